The number of benzene rings is 1. The SMILES string of the molecule is CCN1SCc2c(N=C=S)c(F)cc(Cl)c21. The first-order chi connectivity index (χ1) is 7.69. The monoisotopic (exact) mass is 274 g/mol. The molecule has 0 spiro atoms. The molecule has 1 aromatic carbocycles. The van der Waals surface area contributed by atoms with Gasteiger partial charge in [-0.3, -0.25) is 0 Å². The molecule has 0 saturated heterocycles. The van der Waals surface area contributed by atoms with Gasteiger partial charge >= 0.3 is 0 Å². The Labute approximate surface area is 108 Å². The van der Waals surface area contributed by atoms with Crippen molar-refractivity contribution in [2.24, 2.45) is 4.99 Å². The number of thiocarbonyl (C=S) groups is 1. The van der Waals surface area contributed by atoms with Crippen LogP contribution < -0.4 is 4.31 Å². The molecule has 0 aliphatic carbocycles. The smallest absolute Gasteiger partial charge is 0.151 e. The fourth-order valence-corrected chi connectivity index (χ4v) is 3.21. The average molecular weight is 275 g/mol. The number of hydrogen-bond acceptors (Lipinski definition) is 4. The molecule has 1 aliphatic rings. The molecule has 1 heterocycles. The molecular formula is C10H8ClFN2S2. The van der Waals surface area contributed by atoms with Crippen LogP contribution in [0.1, 0.15) is 12.5 Å². The summed E-state index contributed by atoms with van der Waals surface area (Å²) < 4.78 is 15.7. The van der Waals surface area contributed by atoms with Gasteiger partial charge in [-0.15, -0.1) is 0 Å². The van der Waals surface area contributed by atoms with E-state index in [1.54, 1.807) is 11.9 Å². The number of isothiocyanates is 1. The lowest BCUT2D eigenvalue weighted by atomic mass is 10.1. The van der Waals surface area contributed by atoms with E-state index in [1.165, 1.54) is 6.07 Å². The highest BCUT2D eigenvalue weighted by Crippen LogP contribution is 2.47. The van der Waals surface area contributed by atoms with E-state index in [2.05, 4.69) is 22.4 Å². The Balaban J connectivity index is 2.67. The standard InChI is InChI=1S/C10H8ClFN2S2/c1-2-14-10-6(4-16-14)9(13-5-15)8(12)3-7(10)11/h3H,2,4H2,1H3. The highest BCUT2D eigenvalue weighted by molar-refractivity contribution is 8.00. The molecule has 0 fully saturated rings. The van der Waals surface area contributed by atoms with Crippen molar-refractivity contribution < 1.29 is 4.39 Å². The molecule has 0 amide bonds. The van der Waals surface area contributed by atoms with Crippen LogP contribution in [0.25, 0.3) is 0 Å². The van der Waals surface area contributed by atoms with Gasteiger partial charge in [-0.1, -0.05) is 11.6 Å². The minimum absolute atomic E-state index is 0.262. The summed E-state index contributed by atoms with van der Waals surface area (Å²) >= 11 is 12.2. The van der Waals surface area contributed by atoms with Crippen molar-refractivity contribution in [2.45, 2.75) is 12.7 Å². The molecule has 6 heteroatoms. The molecule has 2 rings (SSSR count). The van der Waals surface area contributed by atoms with Crippen molar-refractivity contribution in [3.63, 3.8) is 0 Å². The minimum Gasteiger partial charge on any atom is -0.314 e. The Morgan fingerprint density at radius 3 is 3.12 bits per heavy atom. The molecule has 0 unspecified atom stereocenters. The highest BCUT2D eigenvalue weighted by atomic mass is 35.5. The largest absolute Gasteiger partial charge is 0.314 e. The van der Waals surface area contributed by atoms with Gasteiger partial charge in [-0.25, -0.2) is 4.39 Å². The van der Waals surface area contributed by atoms with Gasteiger partial charge in [0.2, 0.25) is 0 Å². The summed E-state index contributed by atoms with van der Waals surface area (Å²) in [6.45, 7) is 2.83. The molecule has 0 radical (unpaired) electrons. The molecule has 0 bridgehead atoms. The third-order valence-corrected chi connectivity index (χ3v) is 3.89. The van der Waals surface area contributed by atoms with Gasteiger partial charge in [-0.2, -0.15) is 4.99 Å². The third-order valence-electron chi connectivity index (χ3n) is 2.34. The quantitative estimate of drug-likeness (QED) is 0.457. The third kappa shape index (κ3) is 1.84. The van der Waals surface area contributed by atoms with Crippen LogP contribution in [-0.4, -0.2) is 11.7 Å². The first-order valence-electron chi connectivity index (χ1n) is 4.68. The Morgan fingerprint density at radius 2 is 2.50 bits per heavy atom. The van der Waals surface area contributed by atoms with Gasteiger partial charge in [0.05, 0.1) is 15.9 Å². The average Bonchev–Trinajstić information content (AvgIpc) is 2.68. The number of fused-ring (bicyclic) bond motifs is 1. The lowest BCUT2D eigenvalue weighted by Gasteiger charge is -2.16. The molecule has 16 heavy (non-hydrogen) atoms. The van der Waals surface area contributed by atoms with Gasteiger partial charge < -0.3 is 4.31 Å². The fourth-order valence-electron chi connectivity index (χ4n) is 1.68. The summed E-state index contributed by atoms with van der Waals surface area (Å²) in [4.78, 5) is 3.78. The lowest BCUT2D eigenvalue weighted by molar-refractivity contribution is 0.629. The first kappa shape index (κ1) is 11.9. The highest BCUT2D eigenvalue weighted by Gasteiger charge is 2.27. The number of anilines is 1. The van der Waals surface area contributed by atoms with E-state index in [1.807, 2.05) is 11.2 Å². The predicted molar refractivity (Wildman–Crippen MR) is 70.4 cm³/mol. The predicted octanol–water partition coefficient (Wildman–Crippen LogP) is 4.20. The Morgan fingerprint density at radius 1 is 1.75 bits per heavy atom. The maximum absolute atomic E-state index is 13.6. The second-order valence-electron chi connectivity index (χ2n) is 3.19. The normalized spacial score (nSPS) is 13.6. The first-order valence-corrected chi connectivity index (χ1v) is 6.41. The van der Waals surface area contributed by atoms with Gasteiger partial charge in [-0.05, 0) is 37.2 Å². The van der Waals surface area contributed by atoms with Crippen molar-refractivity contribution in [1.82, 2.24) is 0 Å². The zero-order valence-electron chi connectivity index (χ0n) is 8.46. The molecule has 0 saturated carbocycles. The van der Waals surface area contributed by atoms with E-state index >= 15 is 0 Å². The summed E-state index contributed by atoms with van der Waals surface area (Å²) in [6.07, 6.45) is 0. The summed E-state index contributed by atoms with van der Waals surface area (Å²) in [5.74, 6) is 0.218. The van der Waals surface area contributed by atoms with E-state index in [0.717, 1.165) is 17.8 Å². The Kier molecular flexibility index (Phi) is 3.50. The van der Waals surface area contributed by atoms with E-state index in [-0.39, 0.29) is 5.69 Å². The van der Waals surface area contributed by atoms with Crippen LogP contribution >= 0.6 is 35.8 Å². The second-order valence-corrected chi connectivity index (χ2v) is 4.76. The number of hydrogen-bond donors (Lipinski definition) is 0. The molecule has 0 aromatic heterocycles. The van der Waals surface area contributed by atoms with Crippen molar-refractivity contribution in [1.29, 1.82) is 0 Å². The van der Waals surface area contributed by atoms with E-state index in [9.17, 15) is 4.39 Å². The van der Waals surface area contributed by atoms with Crippen molar-refractivity contribution in [3.8, 4) is 0 Å². The van der Waals surface area contributed by atoms with Crippen LogP contribution in [0.3, 0.4) is 0 Å². The van der Waals surface area contributed by atoms with Crippen molar-refractivity contribution >= 4 is 52.3 Å². The molecule has 84 valence electrons. The Bertz CT molecular complexity index is 486. The summed E-state index contributed by atoms with van der Waals surface area (Å²) in [6, 6.07) is 1.28. The zero-order valence-corrected chi connectivity index (χ0v) is 10.8. The van der Waals surface area contributed by atoms with Crippen molar-refractivity contribution in [2.75, 3.05) is 10.8 Å². The number of nitrogens with zero attached hydrogens (tertiary/aromatic N) is 2. The van der Waals surface area contributed by atoms with E-state index in [4.69, 9.17) is 11.6 Å². The van der Waals surface area contributed by atoms with Gasteiger partial charge in [0, 0.05) is 17.9 Å². The van der Waals surface area contributed by atoms with Gasteiger partial charge in [0.25, 0.3) is 0 Å². The molecule has 2 nitrogen and oxygen atoms in total. The van der Waals surface area contributed by atoms with Crippen LogP contribution in [0, 0.1) is 5.82 Å². The molecule has 0 N–H and O–H groups in total. The fraction of sp³-hybridized carbons (Fsp3) is 0.300. The van der Waals surface area contributed by atoms with Crippen LogP contribution in [-0.2, 0) is 5.75 Å². The zero-order chi connectivity index (χ0) is 11.7. The maximum atomic E-state index is 13.6. The molecule has 1 aromatic rings. The number of rotatable bonds is 2. The minimum atomic E-state index is -0.445. The second kappa shape index (κ2) is 4.72. The molecule has 1 aliphatic heterocycles. The van der Waals surface area contributed by atoms with Crippen molar-refractivity contribution in [3.05, 3.63) is 22.5 Å². The van der Waals surface area contributed by atoms with E-state index in [0.29, 0.717) is 10.8 Å². The lowest BCUT2D eigenvalue weighted by Crippen LogP contribution is -2.09. The summed E-state index contributed by atoms with van der Waals surface area (Å²) in [5.41, 5.74) is 1.91. The number of halogens is 2. The summed E-state index contributed by atoms with van der Waals surface area (Å²) in [5, 5.41) is 2.62. The summed E-state index contributed by atoms with van der Waals surface area (Å²) in [7, 11) is 0. The topological polar surface area (TPSA) is 15.6 Å². The number of aliphatic imine (C=N–C) groups is 1. The van der Waals surface area contributed by atoms with Crippen LogP contribution in [0.5, 0.6) is 0 Å². The van der Waals surface area contributed by atoms with Crippen LogP contribution in [0.4, 0.5) is 15.8 Å². The Hall–Kier alpha value is -0.610. The van der Waals surface area contributed by atoms with E-state index < -0.39 is 5.82 Å². The molecular weight excluding hydrogens is 267 g/mol. The van der Waals surface area contributed by atoms with Gasteiger partial charge in [0.1, 0.15) is 5.69 Å². The van der Waals surface area contributed by atoms with Gasteiger partial charge in [0.15, 0.2) is 5.82 Å². The van der Waals surface area contributed by atoms with Crippen LogP contribution in [0.2, 0.25) is 5.02 Å². The molecule has 0 atom stereocenters. The maximum Gasteiger partial charge on any atom is 0.151 e. The van der Waals surface area contributed by atoms with Crippen LogP contribution in [0.15, 0.2) is 11.1 Å².